The van der Waals surface area contributed by atoms with E-state index >= 15 is 0 Å². The Hall–Kier alpha value is -0.0400. The standard InChI is InChI=1S/C11H21N/c1-10(2,3)12-8-9-6-11(7-9)4-5-11/h9,12H,4-8H2,1-3H3. The van der Waals surface area contributed by atoms with Crippen LogP contribution in [0.5, 0.6) is 0 Å². The summed E-state index contributed by atoms with van der Waals surface area (Å²) in [5.74, 6) is 0.992. The van der Waals surface area contributed by atoms with Crippen LogP contribution in [0.4, 0.5) is 0 Å². The Morgan fingerprint density at radius 1 is 1.25 bits per heavy atom. The highest BCUT2D eigenvalue weighted by molar-refractivity contribution is 5.04. The van der Waals surface area contributed by atoms with Gasteiger partial charge in [-0.2, -0.15) is 0 Å². The van der Waals surface area contributed by atoms with Crippen LogP contribution in [0.25, 0.3) is 0 Å². The van der Waals surface area contributed by atoms with Crippen molar-refractivity contribution in [2.24, 2.45) is 11.3 Å². The van der Waals surface area contributed by atoms with Crippen LogP contribution in [0.2, 0.25) is 0 Å². The molecule has 2 aliphatic carbocycles. The van der Waals surface area contributed by atoms with E-state index in [-0.39, 0.29) is 0 Å². The maximum atomic E-state index is 3.59. The summed E-state index contributed by atoms with van der Waals surface area (Å²) in [7, 11) is 0. The average molecular weight is 167 g/mol. The molecular formula is C11H21N. The van der Waals surface area contributed by atoms with Gasteiger partial charge in [0.2, 0.25) is 0 Å². The molecule has 70 valence electrons. The van der Waals surface area contributed by atoms with E-state index in [1.54, 1.807) is 0 Å². The lowest BCUT2D eigenvalue weighted by molar-refractivity contribution is 0.155. The Kier molecular flexibility index (Phi) is 1.76. The molecule has 0 aromatic carbocycles. The smallest absolute Gasteiger partial charge is 0.00966 e. The largest absolute Gasteiger partial charge is 0.312 e. The molecular weight excluding hydrogens is 146 g/mol. The van der Waals surface area contributed by atoms with Gasteiger partial charge in [0.25, 0.3) is 0 Å². The molecule has 0 aromatic heterocycles. The fourth-order valence-electron chi connectivity index (χ4n) is 2.34. The molecule has 2 saturated carbocycles. The van der Waals surface area contributed by atoms with E-state index in [4.69, 9.17) is 0 Å². The number of hydrogen-bond donors (Lipinski definition) is 1. The summed E-state index contributed by atoms with van der Waals surface area (Å²) in [6, 6.07) is 0. The molecule has 12 heavy (non-hydrogen) atoms. The molecule has 0 radical (unpaired) electrons. The second kappa shape index (κ2) is 2.47. The lowest BCUT2D eigenvalue weighted by Gasteiger charge is -2.37. The summed E-state index contributed by atoms with van der Waals surface area (Å²) in [5.41, 5.74) is 1.19. The summed E-state index contributed by atoms with van der Waals surface area (Å²) in [6.45, 7) is 7.99. The van der Waals surface area contributed by atoms with Crippen LogP contribution >= 0.6 is 0 Å². The molecule has 1 nitrogen and oxygen atoms in total. The van der Waals surface area contributed by atoms with Crippen molar-refractivity contribution in [1.82, 2.24) is 5.32 Å². The first-order valence-electron chi connectivity index (χ1n) is 5.24. The third kappa shape index (κ3) is 1.82. The van der Waals surface area contributed by atoms with Crippen molar-refractivity contribution < 1.29 is 0 Å². The topological polar surface area (TPSA) is 12.0 Å². The van der Waals surface area contributed by atoms with Crippen molar-refractivity contribution >= 4 is 0 Å². The Balaban J connectivity index is 1.63. The van der Waals surface area contributed by atoms with Gasteiger partial charge in [-0.15, -0.1) is 0 Å². The Morgan fingerprint density at radius 3 is 2.25 bits per heavy atom. The van der Waals surface area contributed by atoms with Crippen molar-refractivity contribution in [3.8, 4) is 0 Å². The molecule has 0 atom stereocenters. The van der Waals surface area contributed by atoms with Crippen molar-refractivity contribution in [2.45, 2.75) is 52.0 Å². The van der Waals surface area contributed by atoms with Gasteiger partial charge in [-0.1, -0.05) is 0 Å². The van der Waals surface area contributed by atoms with E-state index in [0.717, 1.165) is 11.3 Å². The summed E-state index contributed by atoms with van der Waals surface area (Å²) in [5, 5.41) is 3.59. The van der Waals surface area contributed by atoms with E-state index in [2.05, 4.69) is 26.1 Å². The molecule has 0 aliphatic heterocycles. The van der Waals surface area contributed by atoms with Gasteiger partial charge in [0, 0.05) is 5.54 Å². The van der Waals surface area contributed by atoms with Crippen molar-refractivity contribution in [3.05, 3.63) is 0 Å². The van der Waals surface area contributed by atoms with Gasteiger partial charge < -0.3 is 5.32 Å². The van der Waals surface area contributed by atoms with Gasteiger partial charge in [-0.3, -0.25) is 0 Å². The number of rotatable bonds is 2. The van der Waals surface area contributed by atoms with Crippen LogP contribution in [-0.2, 0) is 0 Å². The van der Waals surface area contributed by atoms with Crippen LogP contribution in [-0.4, -0.2) is 12.1 Å². The van der Waals surface area contributed by atoms with Crippen LogP contribution in [0, 0.1) is 11.3 Å². The lowest BCUT2D eigenvalue weighted by atomic mass is 9.72. The van der Waals surface area contributed by atoms with Crippen molar-refractivity contribution in [1.29, 1.82) is 0 Å². The minimum absolute atomic E-state index is 0.312. The van der Waals surface area contributed by atoms with Crippen molar-refractivity contribution in [3.63, 3.8) is 0 Å². The third-order valence-electron chi connectivity index (χ3n) is 3.32. The molecule has 0 amide bonds. The van der Waals surface area contributed by atoms with Crippen LogP contribution in [0.15, 0.2) is 0 Å². The van der Waals surface area contributed by atoms with Crippen LogP contribution < -0.4 is 5.32 Å². The number of nitrogens with one attached hydrogen (secondary N) is 1. The van der Waals surface area contributed by atoms with E-state index < -0.39 is 0 Å². The Labute approximate surface area is 75.9 Å². The maximum Gasteiger partial charge on any atom is 0.00966 e. The minimum Gasteiger partial charge on any atom is -0.312 e. The summed E-state index contributed by atoms with van der Waals surface area (Å²) < 4.78 is 0. The molecule has 0 aromatic rings. The molecule has 2 aliphatic rings. The molecule has 0 bridgehead atoms. The van der Waals surface area contributed by atoms with Gasteiger partial charge in [0.05, 0.1) is 0 Å². The first kappa shape index (κ1) is 8.55. The van der Waals surface area contributed by atoms with Crippen LogP contribution in [0.3, 0.4) is 0 Å². The van der Waals surface area contributed by atoms with E-state index in [1.807, 2.05) is 0 Å². The first-order chi connectivity index (χ1) is 5.49. The average Bonchev–Trinajstić information content (AvgIpc) is 2.56. The second-order valence-electron chi connectivity index (χ2n) is 5.91. The quantitative estimate of drug-likeness (QED) is 0.666. The van der Waals surface area contributed by atoms with Gasteiger partial charge in [0.15, 0.2) is 0 Å². The van der Waals surface area contributed by atoms with Crippen molar-refractivity contribution in [2.75, 3.05) is 6.54 Å². The lowest BCUT2D eigenvalue weighted by Crippen LogP contribution is -2.42. The van der Waals surface area contributed by atoms with Gasteiger partial charge >= 0.3 is 0 Å². The highest BCUT2D eigenvalue weighted by Gasteiger charge is 2.52. The highest BCUT2D eigenvalue weighted by Crippen LogP contribution is 2.63. The summed E-state index contributed by atoms with van der Waals surface area (Å²) in [4.78, 5) is 0. The van der Waals surface area contributed by atoms with Gasteiger partial charge in [-0.25, -0.2) is 0 Å². The second-order valence-corrected chi connectivity index (χ2v) is 5.91. The minimum atomic E-state index is 0.312. The monoisotopic (exact) mass is 167 g/mol. The van der Waals surface area contributed by atoms with Gasteiger partial charge in [-0.05, 0) is 64.3 Å². The molecule has 2 rings (SSSR count). The molecule has 1 N–H and O–H groups in total. The third-order valence-corrected chi connectivity index (χ3v) is 3.32. The summed E-state index contributed by atoms with van der Waals surface area (Å²) in [6.07, 6.45) is 6.07. The normalized spacial score (nSPS) is 27.2. The predicted octanol–water partition coefficient (Wildman–Crippen LogP) is 2.56. The Bertz CT molecular complexity index is 166. The molecule has 1 heteroatoms. The zero-order valence-electron chi connectivity index (χ0n) is 8.61. The molecule has 2 fully saturated rings. The molecule has 0 heterocycles. The Morgan fingerprint density at radius 2 is 1.83 bits per heavy atom. The zero-order valence-corrected chi connectivity index (χ0v) is 8.61. The highest BCUT2D eigenvalue weighted by atomic mass is 14.9. The fraction of sp³-hybridized carbons (Fsp3) is 1.00. The summed E-state index contributed by atoms with van der Waals surface area (Å²) >= 11 is 0. The van der Waals surface area contributed by atoms with Crippen LogP contribution in [0.1, 0.15) is 46.5 Å². The molecule has 0 saturated heterocycles. The first-order valence-corrected chi connectivity index (χ1v) is 5.24. The fourth-order valence-corrected chi connectivity index (χ4v) is 2.34. The molecule has 1 spiro atoms. The molecule has 0 unspecified atom stereocenters. The van der Waals surface area contributed by atoms with E-state index in [0.29, 0.717) is 5.54 Å². The maximum absolute atomic E-state index is 3.59. The van der Waals surface area contributed by atoms with E-state index in [9.17, 15) is 0 Å². The number of hydrogen-bond acceptors (Lipinski definition) is 1. The predicted molar refractivity (Wildman–Crippen MR) is 52.1 cm³/mol. The van der Waals surface area contributed by atoms with E-state index in [1.165, 1.54) is 32.2 Å². The van der Waals surface area contributed by atoms with Gasteiger partial charge in [0.1, 0.15) is 0 Å². The SMILES string of the molecule is CC(C)(C)NCC1CC2(CC2)C1. The zero-order chi connectivity index (χ0) is 8.82.